The minimum absolute atomic E-state index is 0.300. The normalized spacial score (nSPS) is 10.9. The second-order valence-corrected chi connectivity index (χ2v) is 3.55. The Balaban J connectivity index is 2.94. The number of hydrogen-bond acceptors (Lipinski definition) is 3. The summed E-state index contributed by atoms with van der Waals surface area (Å²) in [5, 5.41) is 9.84. The second kappa shape index (κ2) is 6.18. The molecule has 3 heteroatoms. The fourth-order valence-electron chi connectivity index (χ4n) is 1.65. The summed E-state index contributed by atoms with van der Waals surface area (Å²) in [6.07, 6.45) is 3.66. The fourth-order valence-corrected chi connectivity index (χ4v) is 1.65. The van der Waals surface area contributed by atoms with E-state index in [0.29, 0.717) is 12.3 Å². The van der Waals surface area contributed by atoms with E-state index in [4.69, 9.17) is 5.73 Å². The molecule has 0 aliphatic rings. The highest BCUT2D eigenvalue weighted by molar-refractivity contribution is 5.63. The molecule has 0 spiro atoms. The quantitative estimate of drug-likeness (QED) is 0.800. The molecule has 1 aromatic carbocycles. The zero-order valence-corrected chi connectivity index (χ0v) is 9.98. The molecule has 0 fully saturated rings. The van der Waals surface area contributed by atoms with Crippen molar-refractivity contribution in [1.82, 2.24) is 0 Å². The van der Waals surface area contributed by atoms with Crippen LogP contribution in [-0.2, 0) is 0 Å². The molecule has 16 heavy (non-hydrogen) atoms. The Labute approximate surface area is 97.2 Å². The van der Waals surface area contributed by atoms with Crippen LogP contribution in [0.15, 0.2) is 24.3 Å². The standard InChI is InChI=1S/C13H20N2O/c1-3-15(4-2)12-8-7-11(6-5-9-14)13(16)10-12/h5-8,10,16H,3-4,9,14H2,1-2H3. The Morgan fingerprint density at radius 3 is 2.50 bits per heavy atom. The van der Waals surface area contributed by atoms with Crippen molar-refractivity contribution in [3.8, 4) is 5.75 Å². The van der Waals surface area contributed by atoms with E-state index in [2.05, 4.69) is 18.7 Å². The van der Waals surface area contributed by atoms with Crippen LogP contribution < -0.4 is 10.6 Å². The fraction of sp³-hybridized carbons (Fsp3) is 0.385. The average molecular weight is 220 g/mol. The highest BCUT2D eigenvalue weighted by Gasteiger charge is 2.04. The van der Waals surface area contributed by atoms with Crippen LogP contribution in [0.5, 0.6) is 5.75 Å². The zero-order valence-electron chi connectivity index (χ0n) is 9.98. The Bertz CT molecular complexity index is 357. The van der Waals surface area contributed by atoms with Crippen LogP contribution in [-0.4, -0.2) is 24.7 Å². The first-order valence-electron chi connectivity index (χ1n) is 5.67. The highest BCUT2D eigenvalue weighted by atomic mass is 16.3. The van der Waals surface area contributed by atoms with Crippen molar-refractivity contribution in [2.75, 3.05) is 24.5 Å². The molecule has 88 valence electrons. The van der Waals surface area contributed by atoms with Crippen LogP contribution in [0.25, 0.3) is 6.08 Å². The minimum atomic E-state index is 0.300. The van der Waals surface area contributed by atoms with Crippen LogP contribution >= 0.6 is 0 Å². The van der Waals surface area contributed by atoms with Crippen LogP contribution in [0.4, 0.5) is 5.69 Å². The molecule has 0 saturated heterocycles. The van der Waals surface area contributed by atoms with Crippen molar-refractivity contribution in [2.24, 2.45) is 5.73 Å². The van der Waals surface area contributed by atoms with Crippen molar-refractivity contribution in [3.05, 3.63) is 29.8 Å². The summed E-state index contributed by atoms with van der Waals surface area (Å²) in [6.45, 7) is 6.56. The predicted octanol–water partition coefficient (Wildman–Crippen LogP) is 2.21. The molecule has 3 nitrogen and oxygen atoms in total. The Kier molecular flexibility index (Phi) is 4.86. The van der Waals surface area contributed by atoms with Gasteiger partial charge in [-0.1, -0.05) is 12.2 Å². The Morgan fingerprint density at radius 2 is 2.00 bits per heavy atom. The maximum atomic E-state index is 9.84. The molecule has 0 aromatic heterocycles. The smallest absolute Gasteiger partial charge is 0.124 e. The van der Waals surface area contributed by atoms with Gasteiger partial charge in [0.1, 0.15) is 5.75 Å². The lowest BCUT2D eigenvalue weighted by Gasteiger charge is -2.21. The molecule has 3 N–H and O–H groups in total. The van der Waals surface area contributed by atoms with Gasteiger partial charge in [-0.25, -0.2) is 0 Å². The second-order valence-electron chi connectivity index (χ2n) is 3.55. The Morgan fingerprint density at radius 1 is 1.31 bits per heavy atom. The van der Waals surface area contributed by atoms with Gasteiger partial charge in [0.25, 0.3) is 0 Å². The van der Waals surface area contributed by atoms with Crippen LogP contribution in [0, 0.1) is 0 Å². The lowest BCUT2D eigenvalue weighted by atomic mass is 10.1. The van der Waals surface area contributed by atoms with Gasteiger partial charge in [-0.15, -0.1) is 0 Å². The van der Waals surface area contributed by atoms with Gasteiger partial charge >= 0.3 is 0 Å². The molecule has 1 rings (SSSR count). The summed E-state index contributed by atoms with van der Waals surface area (Å²) in [6, 6.07) is 5.72. The van der Waals surface area contributed by atoms with Crippen molar-refractivity contribution in [2.45, 2.75) is 13.8 Å². The molecule has 0 heterocycles. The molecule has 1 aromatic rings. The maximum absolute atomic E-state index is 9.84. The monoisotopic (exact) mass is 220 g/mol. The first-order chi connectivity index (χ1) is 7.72. The summed E-state index contributed by atoms with van der Waals surface area (Å²) in [5.74, 6) is 0.300. The third-order valence-corrected chi connectivity index (χ3v) is 2.58. The van der Waals surface area contributed by atoms with Crippen LogP contribution in [0.2, 0.25) is 0 Å². The van der Waals surface area contributed by atoms with E-state index < -0.39 is 0 Å². The minimum Gasteiger partial charge on any atom is -0.507 e. The number of hydrogen-bond donors (Lipinski definition) is 2. The number of nitrogens with two attached hydrogens (primary N) is 1. The van der Waals surface area contributed by atoms with Crippen LogP contribution in [0.3, 0.4) is 0 Å². The van der Waals surface area contributed by atoms with E-state index in [1.54, 1.807) is 6.07 Å². The van der Waals surface area contributed by atoms with Gasteiger partial charge < -0.3 is 15.7 Å². The number of phenols is 1. The first kappa shape index (κ1) is 12.6. The number of aromatic hydroxyl groups is 1. The number of phenolic OH excluding ortho intramolecular Hbond substituents is 1. The summed E-state index contributed by atoms with van der Waals surface area (Å²) >= 11 is 0. The third kappa shape index (κ3) is 3.00. The molecule has 0 unspecified atom stereocenters. The van der Waals surface area contributed by atoms with E-state index in [1.807, 2.05) is 24.3 Å². The van der Waals surface area contributed by atoms with E-state index in [1.165, 1.54) is 0 Å². The van der Waals surface area contributed by atoms with E-state index >= 15 is 0 Å². The molecule has 0 radical (unpaired) electrons. The molecular formula is C13H20N2O. The molecule has 0 atom stereocenters. The molecule has 0 amide bonds. The predicted molar refractivity (Wildman–Crippen MR) is 69.8 cm³/mol. The van der Waals surface area contributed by atoms with Gasteiger partial charge in [0.2, 0.25) is 0 Å². The van der Waals surface area contributed by atoms with E-state index in [-0.39, 0.29) is 0 Å². The summed E-state index contributed by atoms with van der Waals surface area (Å²) in [4.78, 5) is 2.19. The molecule has 0 saturated carbocycles. The van der Waals surface area contributed by atoms with E-state index in [9.17, 15) is 5.11 Å². The molecular weight excluding hydrogens is 200 g/mol. The zero-order chi connectivity index (χ0) is 12.0. The van der Waals surface area contributed by atoms with Crippen molar-refractivity contribution in [3.63, 3.8) is 0 Å². The summed E-state index contributed by atoms with van der Waals surface area (Å²) < 4.78 is 0. The molecule has 0 aliphatic heterocycles. The third-order valence-electron chi connectivity index (χ3n) is 2.58. The lowest BCUT2D eigenvalue weighted by Crippen LogP contribution is -2.21. The van der Waals surface area contributed by atoms with Gasteiger partial charge in [-0.05, 0) is 26.0 Å². The Hall–Kier alpha value is -1.48. The number of rotatable bonds is 5. The highest BCUT2D eigenvalue weighted by Crippen LogP contribution is 2.25. The van der Waals surface area contributed by atoms with Gasteiger partial charge in [0.15, 0.2) is 0 Å². The topological polar surface area (TPSA) is 49.5 Å². The number of nitrogens with zero attached hydrogens (tertiary/aromatic N) is 1. The number of anilines is 1. The SMILES string of the molecule is CCN(CC)c1ccc(C=CCN)c(O)c1. The van der Waals surface area contributed by atoms with Gasteiger partial charge in [0.05, 0.1) is 0 Å². The number of benzene rings is 1. The van der Waals surface area contributed by atoms with Crippen LogP contribution in [0.1, 0.15) is 19.4 Å². The van der Waals surface area contributed by atoms with E-state index in [0.717, 1.165) is 24.3 Å². The van der Waals surface area contributed by atoms with Crippen molar-refractivity contribution < 1.29 is 5.11 Å². The van der Waals surface area contributed by atoms with Crippen molar-refractivity contribution >= 4 is 11.8 Å². The molecule has 0 bridgehead atoms. The maximum Gasteiger partial charge on any atom is 0.124 e. The van der Waals surface area contributed by atoms with Gasteiger partial charge in [-0.2, -0.15) is 0 Å². The van der Waals surface area contributed by atoms with Gasteiger partial charge in [0, 0.05) is 37.0 Å². The summed E-state index contributed by atoms with van der Waals surface area (Å²) in [5.41, 5.74) is 7.23. The van der Waals surface area contributed by atoms with Gasteiger partial charge in [-0.3, -0.25) is 0 Å². The largest absolute Gasteiger partial charge is 0.507 e. The average Bonchev–Trinajstić information content (AvgIpc) is 2.29. The molecule has 0 aliphatic carbocycles. The summed E-state index contributed by atoms with van der Waals surface area (Å²) in [7, 11) is 0. The lowest BCUT2D eigenvalue weighted by molar-refractivity contribution is 0.474. The first-order valence-corrected chi connectivity index (χ1v) is 5.67. The van der Waals surface area contributed by atoms with Crippen molar-refractivity contribution in [1.29, 1.82) is 0 Å².